The number of fused-ring (bicyclic) bond motifs is 1. The van der Waals surface area contributed by atoms with E-state index in [1.807, 2.05) is 0 Å². The van der Waals surface area contributed by atoms with Crippen molar-refractivity contribution in [2.45, 2.75) is 37.6 Å². The van der Waals surface area contributed by atoms with E-state index in [1.54, 1.807) is 0 Å². The fraction of sp³-hybridized carbons (Fsp3) is 0.458. The number of halogens is 7. The Hall–Kier alpha value is -2.86. The van der Waals surface area contributed by atoms with Gasteiger partial charge in [0.05, 0.1) is 23.8 Å². The maximum atomic E-state index is 13.6. The molecule has 0 saturated carbocycles. The van der Waals surface area contributed by atoms with Gasteiger partial charge in [0.15, 0.2) is 6.29 Å². The smallest absolute Gasteiger partial charge is 0.416 e. The highest BCUT2D eigenvalue weighted by atomic mass is 19.4. The molecule has 5 atom stereocenters. The molecule has 196 valence electrons. The second-order valence-corrected chi connectivity index (χ2v) is 9.01. The Morgan fingerprint density at radius 1 is 1.03 bits per heavy atom. The van der Waals surface area contributed by atoms with Crippen molar-refractivity contribution in [3.8, 4) is 0 Å². The number of alkyl halides is 6. The Bertz CT molecular complexity index is 1070. The van der Waals surface area contributed by atoms with Crippen LogP contribution in [0.2, 0.25) is 0 Å². The quantitative estimate of drug-likeness (QED) is 0.480. The van der Waals surface area contributed by atoms with Gasteiger partial charge in [-0.05, 0) is 54.3 Å². The van der Waals surface area contributed by atoms with Gasteiger partial charge in [0.25, 0.3) is 0 Å². The van der Waals surface area contributed by atoms with Gasteiger partial charge >= 0.3 is 18.4 Å². The van der Waals surface area contributed by atoms with Crippen LogP contribution >= 0.6 is 0 Å². The third kappa shape index (κ3) is 5.44. The minimum Gasteiger partial charge on any atom is -0.465 e. The summed E-state index contributed by atoms with van der Waals surface area (Å²) in [5, 5.41) is 9.42. The lowest BCUT2D eigenvalue weighted by atomic mass is 9.77. The number of amides is 1. The van der Waals surface area contributed by atoms with Crippen LogP contribution in [-0.4, -0.2) is 42.1 Å². The van der Waals surface area contributed by atoms with Crippen molar-refractivity contribution < 1.29 is 50.1 Å². The van der Waals surface area contributed by atoms with Gasteiger partial charge < -0.3 is 19.5 Å². The molecule has 0 radical (unpaired) electrons. The van der Waals surface area contributed by atoms with E-state index in [-0.39, 0.29) is 43.2 Å². The Balaban J connectivity index is 1.66. The molecule has 2 saturated heterocycles. The van der Waals surface area contributed by atoms with E-state index in [9.17, 15) is 40.6 Å². The number of likely N-dealkylation sites (tertiary alicyclic amines) is 1. The molecule has 0 spiro atoms. The lowest BCUT2D eigenvalue weighted by Crippen LogP contribution is -2.42. The number of rotatable bonds is 4. The van der Waals surface area contributed by atoms with E-state index in [2.05, 4.69) is 0 Å². The molecule has 1 amide bonds. The van der Waals surface area contributed by atoms with Crippen LogP contribution in [0.15, 0.2) is 42.5 Å². The molecular formula is C24H22F7NO4. The fourth-order valence-electron chi connectivity index (χ4n) is 4.87. The van der Waals surface area contributed by atoms with Crippen LogP contribution in [0, 0.1) is 17.7 Å². The molecule has 0 aromatic heterocycles. The number of ether oxygens (including phenoxy) is 2. The van der Waals surface area contributed by atoms with Gasteiger partial charge in [-0.15, -0.1) is 0 Å². The summed E-state index contributed by atoms with van der Waals surface area (Å²) in [5.74, 6) is -1.68. The van der Waals surface area contributed by atoms with Crippen molar-refractivity contribution in [1.82, 2.24) is 4.90 Å². The molecule has 5 nitrogen and oxygen atoms in total. The van der Waals surface area contributed by atoms with Crippen molar-refractivity contribution in [3.05, 3.63) is 70.5 Å². The summed E-state index contributed by atoms with van der Waals surface area (Å²) < 4.78 is 105. The second kappa shape index (κ2) is 9.55. The lowest BCUT2D eigenvalue weighted by molar-refractivity contribution is -0.217. The Kier molecular flexibility index (Phi) is 6.95. The van der Waals surface area contributed by atoms with Gasteiger partial charge in [0.2, 0.25) is 0 Å². The van der Waals surface area contributed by atoms with Crippen LogP contribution in [0.3, 0.4) is 0 Å². The molecule has 0 aliphatic carbocycles. The zero-order valence-electron chi connectivity index (χ0n) is 18.8. The normalized spacial score (nSPS) is 25.5. The van der Waals surface area contributed by atoms with Crippen molar-refractivity contribution in [1.29, 1.82) is 0 Å². The monoisotopic (exact) mass is 521 g/mol. The molecule has 1 N–H and O–H groups in total. The van der Waals surface area contributed by atoms with Gasteiger partial charge in [-0.1, -0.05) is 12.1 Å². The lowest BCUT2D eigenvalue weighted by Gasteiger charge is -2.40. The summed E-state index contributed by atoms with van der Waals surface area (Å²) in [5.41, 5.74) is -2.72. The third-order valence-electron chi connectivity index (χ3n) is 6.66. The number of hydrogen-bond donors (Lipinski definition) is 1. The molecular weight excluding hydrogens is 499 g/mol. The molecule has 4 rings (SSSR count). The van der Waals surface area contributed by atoms with Gasteiger partial charge in [0.1, 0.15) is 5.82 Å². The maximum Gasteiger partial charge on any atom is 0.416 e. The van der Waals surface area contributed by atoms with Crippen LogP contribution in [0.1, 0.15) is 41.2 Å². The molecule has 12 heteroatoms. The van der Waals surface area contributed by atoms with Crippen molar-refractivity contribution in [2.75, 3.05) is 19.7 Å². The standard InChI is InChI=1S/C24H22F7NO4/c1-12(14-6-16(23(26,27)28)8-17(7-14)24(29,30)31)36-21-20(13-2-4-18(25)5-3-13)19-10-32(22(33)34)9-15(19)11-35-21/h2-8,12,15,19-21H,9-11H2,1H3,(H,33,34)/t12-,15+,19-,20+,21+/m1/s1. The van der Waals surface area contributed by atoms with Crippen molar-refractivity contribution >= 4 is 6.09 Å². The van der Waals surface area contributed by atoms with Crippen molar-refractivity contribution in [3.63, 3.8) is 0 Å². The average molecular weight is 521 g/mol. The third-order valence-corrected chi connectivity index (χ3v) is 6.66. The second-order valence-electron chi connectivity index (χ2n) is 9.01. The highest BCUT2D eigenvalue weighted by Crippen LogP contribution is 2.45. The molecule has 2 aromatic carbocycles. The number of benzene rings is 2. The van der Waals surface area contributed by atoms with E-state index in [0.717, 1.165) is 0 Å². The fourth-order valence-corrected chi connectivity index (χ4v) is 4.87. The molecule has 36 heavy (non-hydrogen) atoms. The Labute approximate surface area is 201 Å². The zero-order valence-corrected chi connectivity index (χ0v) is 18.8. The molecule has 0 bridgehead atoms. The maximum absolute atomic E-state index is 13.6. The molecule has 0 unspecified atom stereocenters. The number of hydrogen-bond acceptors (Lipinski definition) is 3. The highest BCUT2D eigenvalue weighted by molar-refractivity contribution is 5.65. The molecule has 2 aliphatic rings. The van der Waals surface area contributed by atoms with Gasteiger partial charge in [0, 0.05) is 24.9 Å². The van der Waals surface area contributed by atoms with Crippen LogP contribution in [0.5, 0.6) is 0 Å². The topological polar surface area (TPSA) is 59.0 Å². The first-order valence-corrected chi connectivity index (χ1v) is 11.0. The number of carboxylic acid groups (broad SMARTS) is 1. The van der Waals surface area contributed by atoms with E-state index in [1.165, 1.54) is 36.1 Å². The van der Waals surface area contributed by atoms with Gasteiger partial charge in [-0.25, -0.2) is 9.18 Å². The van der Waals surface area contributed by atoms with Crippen LogP contribution in [0.4, 0.5) is 35.5 Å². The van der Waals surface area contributed by atoms with E-state index in [4.69, 9.17) is 9.47 Å². The summed E-state index contributed by atoms with van der Waals surface area (Å²) in [6.45, 7) is 1.72. The summed E-state index contributed by atoms with van der Waals surface area (Å²) in [6, 6.07) is 6.58. The summed E-state index contributed by atoms with van der Waals surface area (Å²) in [4.78, 5) is 12.7. The van der Waals surface area contributed by atoms with E-state index < -0.39 is 53.7 Å². The number of nitrogens with zero attached hydrogens (tertiary/aromatic N) is 1. The van der Waals surface area contributed by atoms with E-state index >= 15 is 0 Å². The van der Waals surface area contributed by atoms with Crippen LogP contribution in [-0.2, 0) is 21.8 Å². The summed E-state index contributed by atoms with van der Waals surface area (Å²) in [7, 11) is 0. The molecule has 2 aromatic rings. The Morgan fingerprint density at radius 2 is 1.61 bits per heavy atom. The molecule has 2 heterocycles. The largest absolute Gasteiger partial charge is 0.465 e. The predicted octanol–water partition coefficient (Wildman–Crippen LogP) is 6.31. The average Bonchev–Trinajstić information content (AvgIpc) is 3.23. The van der Waals surface area contributed by atoms with E-state index in [0.29, 0.717) is 17.7 Å². The zero-order chi connectivity index (χ0) is 26.4. The van der Waals surface area contributed by atoms with Crippen LogP contribution < -0.4 is 0 Å². The first kappa shape index (κ1) is 26.2. The van der Waals surface area contributed by atoms with Gasteiger partial charge in [-0.2, -0.15) is 26.3 Å². The van der Waals surface area contributed by atoms with Gasteiger partial charge in [-0.3, -0.25) is 0 Å². The summed E-state index contributed by atoms with van der Waals surface area (Å²) in [6.07, 6.45) is -13.5. The predicted molar refractivity (Wildman–Crippen MR) is 111 cm³/mol. The minimum absolute atomic E-state index is 0.0399. The number of carbonyl (C=O) groups is 1. The molecule has 2 fully saturated rings. The minimum atomic E-state index is -5.01. The SMILES string of the molecule is C[C@@H](O[C@@H]1OC[C@@H]2CN(C(=O)O)C[C@H]2[C@@H]1c1ccc(F)cc1)c1cc(C(F)(F)F)cc(C(F)(F)F)c1. The molecule has 2 aliphatic heterocycles. The first-order chi connectivity index (χ1) is 16.7. The van der Waals surface area contributed by atoms with Crippen molar-refractivity contribution in [2.24, 2.45) is 11.8 Å². The Morgan fingerprint density at radius 3 is 2.14 bits per heavy atom. The summed E-state index contributed by atoms with van der Waals surface area (Å²) >= 11 is 0. The first-order valence-electron chi connectivity index (χ1n) is 11.0. The van der Waals surface area contributed by atoms with Crippen LogP contribution in [0.25, 0.3) is 0 Å². The highest BCUT2D eigenvalue weighted by Gasteiger charge is 2.48.